The first-order chi connectivity index (χ1) is 6.96. The van der Waals surface area contributed by atoms with E-state index in [1.54, 1.807) is 7.11 Å². The number of ether oxygens (including phenoxy) is 2. The van der Waals surface area contributed by atoms with Gasteiger partial charge in [-0.3, -0.25) is 4.79 Å². The molecule has 1 unspecified atom stereocenters. The van der Waals surface area contributed by atoms with Gasteiger partial charge in [0.25, 0.3) is 0 Å². The molecule has 0 radical (unpaired) electrons. The Morgan fingerprint density at radius 2 is 2.00 bits per heavy atom. The SMILES string of the molecule is CCCNC(CC(C)(C)OC)C(=O)OC. The molecule has 0 aromatic heterocycles. The predicted molar refractivity (Wildman–Crippen MR) is 59.8 cm³/mol. The maximum Gasteiger partial charge on any atom is 0.322 e. The molecule has 0 heterocycles. The van der Waals surface area contributed by atoms with E-state index in [0.717, 1.165) is 13.0 Å². The number of nitrogens with one attached hydrogen (secondary N) is 1. The number of carbonyl (C=O) groups is 1. The van der Waals surface area contributed by atoms with Gasteiger partial charge in [0.1, 0.15) is 6.04 Å². The minimum atomic E-state index is -0.320. The number of carbonyl (C=O) groups excluding carboxylic acids is 1. The number of hydrogen-bond donors (Lipinski definition) is 1. The fraction of sp³-hybridized carbons (Fsp3) is 0.909. The molecule has 4 heteroatoms. The van der Waals surface area contributed by atoms with Crippen molar-refractivity contribution >= 4 is 5.97 Å². The lowest BCUT2D eigenvalue weighted by Crippen LogP contribution is -2.43. The molecule has 0 aromatic carbocycles. The molecule has 1 N–H and O–H groups in total. The first-order valence-corrected chi connectivity index (χ1v) is 5.33. The number of methoxy groups -OCH3 is 2. The van der Waals surface area contributed by atoms with E-state index in [1.807, 2.05) is 13.8 Å². The van der Waals surface area contributed by atoms with Crippen molar-refractivity contribution in [3.8, 4) is 0 Å². The van der Waals surface area contributed by atoms with Crippen molar-refractivity contribution < 1.29 is 14.3 Å². The second kappa shape index (κ2) is 6.80. The molecule has 0 bridgehead atoms. The van der Waals surface area contributed by atoms with Crippen molar-refractivity contribution in [2.24, 2.45) is 0 Å². The minimum absolute atomic E-state index is 0.228. The highest BCUT2D eigenvalue weighted by molar-refractivity contribution is 5.75. The van der Waals surface area contributed by atoms with E-state index in [4.69, 9.17) is 9.47 Å². The molecule has 4 nitrogen and oxygen atoms in total. The summed E-state index contributed by atoms with van der Waals surface area (Å²) in [6.07, 6.45) is 1.59. The molecule has 0 spiro atoms. The van der Waals surface area contributed by atoms with Crippen LogP contribution in [0.1, 0.15) is 33.6 Å². The molecule has 0 saturated carbocycles. The van der Waals surface area contributed by atoms with E-state index in [-0.39, 0.29) is 17.6 Å². The molecular weight excluding hydrogens is 194 g/mol. The minimum Gasteiger partial charge on any atom is -0.468 e. The molecule has 0 amide bonds. The van der Waals surface area contributed by atoms with Crippen molar-refractivity contribution in [2.45, 2.75) is 45.3 Å². The highest BCUT2D eigenvalue weighted by Gasteiger charge is 2.27. The standard InChI is InChI=1S/C11H23NO3/c1-6-7-12-9(10(13)14-4)8-11(2,3)15-5/h9,12H,6-8H2,1-5H3. The van der Waals surface area contributed by atoms with Crippen molar-refractivity contribution in [3.05, 3.63) is 0 Å². The van der Waals surface area contributed by atoms with Crippen LogP contribution >= 0.6 is 0 Å². The van der Waals surface area contributed by atoms with Gasteiger partial charge in [-0.25, -0.2) is 0 Å². The van der Waals surface area contributed by atoms with Gasteiger partial charge in [-0.15, -0.1) is 0 Å². The monoisotopic (exact) mass is 217 g/mol. The molecule has 0 aromatic rings. The molecule has 0 aliphatic heterocycles. The van der Waals surface area contributed by atoms with E-state index in [0.29, 0.717) is 6.42 Å². The summed E-state index contributed by atoms with van der Waals surface area (Å²) in [4.78, 5) is 11.5. The maximum atomic E-state index is 11.5. The molecule has 90 valence electrons. The molecule has 0 aliphatic carbocycles. The number of hydrogen-bond acceptors (Lipinski definition) is 4. The van der Waals surface area contributed by atoms with E-state index in [1.165, 1.54) is 7.11 Å². The Morgan fingerprint density at radius 1 is 1.40 bits per heavy atom. The highest BCUT2D eigenvalue weighted by Crippen LogP contribution is 2.16. The topological polar surface area (TPSA) is 47.6 Å². The van der Waals surface area contributed by atoms with Gasteiger partial charge in [0.05, 0.1) is 12.7 Å². The molecule has 15 heavy (non-hydrogen) atoms. The van der Waals surface area contributed by atoms with E-state index in [9.17, 15) is 4.79 Å². The lowest BCUT2D eigenvalue weighted by molar-refractivity contribution is -0.145. The zero-order valence-corrected chi connectivity index (χ0v) is 10.4. The summed E-state index contributed by atoms with van der Waals surface area (Å²) in [6, 6.07) is -0.287. The van der Waals surface area contributed by atoms with Gasteiger partial charge in [0, 0.05) is 13.5 Å². The molecule has 0 fully saturated rings. The molecular formula is C11H23NO3. The lowest BCUT2D eigenvalue weighted by atomic mass is 9.98. The molecule has 0 saturated heterocycles. The van der Waals surface area contributed by atoms with Crippen LogP contribution < -0.4 is 5.32 Å². The third-order valence-electron chi connectivity index (χ3n) is 2.37. The molecule has 1 atom stereocenters. The van der Waals surface area contributed by atoms with E-state index >= 15 is 0 Å². The van der Waals surface area contributed by atoms with Gasteiger partial charge in [-0.05, 0) is 26.8 Å². The van der Waals surface area contributed by atoms with Crippen molar-refractivity contribution in [1.82, 2.24) is 5.32 Å². The van der Waals surface area contributed by atoms with Crippen molar-refractivity contribution in [1.29, 1.82) is 0 Å². The number of rotatable bonds is 7. The summed E-state index contributed by atoms with van der Waals surface area (Å²) in [5.74, 6) is -0.228. The summed E-state index contributed by atoms with van der Waals surface area (Å²) < 4.78 is 10.0. The van der Waals surface area contributed by atoms with Gasteiger partial charge in [0.2, 0.25) is 0 Å². The van der Waals surface area contributed by atoms with Crippen LogP contribution in [0.3, 0.4) is 0 Å². The summed E-state index contributed by atoms with van der Waals surface area (Å²) in [5.41, 5.74) is -0.320. The van der Waals surface area contributed by atoms with Crippen molar-refractivity contribution in [2.75, 3.05) is 20.8 Å². The van der Waals surface area contributed by atoms with E-state index < -0.39 is 0 Å². The number of esters is 1. The first kappa shape index (κ1) is 14.4. The van der Waals surface area contributed by atoms with Crippen LogP contribution in [0.5, 0.6) is 0 Å². The van der Waals surface area contributed by atoms with Crippen LogP contribution in [0.4, 0.5) is 0 Å². The predicted octanol–water partition coefficient (Wildman–Crippen LogP) is 1.34. The Labute approximate surface area is 92.3 Å². The maximum absolute atomic E-state index is 11.5. The third-order valence-corrected chi connectivity index (χ3v) is 2.37. The van der Waals surface area contributed by atoms with Gasteiger partial charge < -0.3 is 14.8 Å². The second-order valence-electron chi connectivity index (χ2n) is 4.20. The summed E-state index contributed by atoms with van der Waals surface area (Å²) in [6.45, 7) is 6.77. The summed E-state index contributed by atoms with van der Waals surface area (Å²) in [5, 5.41) is 3.16. The first-order valence-electron chi connectivity index (χ1n) is 5.33. The average molecular weight is 217 g/mol. The van der Waals surface area contributed by atoms with Crippen LogP contribution in [-0.4, -0.2) is 38.4 Å². The van der Waals surface area contributed by atoms with Gasteiger partial charge >= 0.3 is 5.97 Å². The van der Waals surface area contributed by atoms with Gasteiger partial charge in [0.15, 0.2) is 0 Å². The molecule has 0 rings (SSSR count). The highest BCUT2D eigenvalue weighted by atomic mass is 16.5. The Hall–Kier alpha value is -0.610. The molecule has 0 aliphatic rings. The normalized spacial score (nSPS) is 13.7. The average Bonchev–Trinajstić information content (AvgIpc) is 2.23. The smallest absolute Gasteiger partial charge is 0.322 e. The van der Waals surface area contributed by atoms with Gasteiger partial charge in [-0.2, -0.15) is 0 Å². The van der Waals surface area contributed by atoms with Crippen LogP contribution in [0.15, 0.2) is 0 Å². The largest absolute Gasteiger partial charge is 0.468 e. The zero-order chi connectivity index (χ0) is 11.9. The lowest BCUT2D eigenvalue weighted by Gasteiger charge is -2.27. The quantitative estimate of drug-likeness (QED) is 0.654. The fourth-order valence-electron chi connectivity index (χ4n) is 1.27. The van der Waals surface area contributed by atoms with Gasteiger partial charge in [-0.1, -0.05) is 6.92 Å². The second-order valence-corrected chi connectivity index (χ2v) is 4.20. The van der Waals surface area contributed by atoms with Crippen LogP contribution in [0.2, 0.25) is 0 Å². The Bertz CT molecular complexity index is 192. The fourth-order valence-corrected chi connectivity index (χ4v) is 1.27. The Morgan fingerprint density at radius 3 is 2.40 bits per heavy atom. The Kier molecular flexibility index (Phi) is 6.52. The third kappa shape index (κ3) is 5.74. The van der Waals surface area contributed by atoms with Crippen molar-refractivity contribution in [3.63, 3.8) is 0 Å². The van der Waals surface area contributed by atoms with E-state index in [2.05, 4.69) is 12.2 Å². The van der Waals surface area contributed by atoms with Crippen LogP contribution in [0, 0.1) is 0 Å². The summed E-state index contributed by atoms with van der Waals surface area (Å²) >= 11 is 0. The van der Waals surface area contributed by atoms with Crippen LogP contribution in [-0.2, 0) is 14.3 Å². The van der Waals surface area contributed by atoms with Crippen LogP contribution in [0.25, 0.3) is 0 Å². The Balaban J connectivity index is 4.30. The zero-order valence-electron chi connectivity index (χ0n) is 10.4. The summed E-state index contributed by atoms with van der Waals surface area (Å²) in [7, 11) is 3.05.